The largest absolute Gasteiger partial charge is 0.399 e. The summed E-state index contributed by atoms with van der Waals surface area (Å²) in [6.45, 7) is 4.24. The molecule has 5 nitrogen and oxygen atoms in total. The molecule has 20 heavy (non-hydrogen) atoms. The average Bonchev–Trinajstić information content (AvgIpc) is 2.73. The van der Waals surface area contributed by atoms with Crippen LogP contribution in [0.1, 0.15) is 22.6 Å². The first-order chi connectivity index (χ1) is 9.47. The smallest absolute Gasteiger partial charge is 0.227 e. The number of anilines is 1. The number of rotatable bonds is 4. The Hall–Kier alpha value is -2.30. The number of amides is 1. The summed E-state index contributed by atoms with van der Waals surface area (Å²) >= 11 is 0. The molecule has 106 valence electrons. The van der Waals surface area contributed by atoms with Crippen LogP contribution in [0.15, 0.2) is 28.8 Å². The van der Waals surface area contributed by atoms with Crippen molar-refractivity contribution in [2.24, 2.45) is 0 Å². The van der Waals surface area contributed by atoms with Gasteiger partial charge in [-0.2, -0.15) is 0 Å². The number of benzene rings is 1. The van der Waals surface area contributed by atoms with Crippen molar-refractivity contribution in [1.29, 1.82) is 0 Å². The van der Waals surface area contributed by atoms with Gasteiger partial charge in [0, 0.05) is 18.3 Å². The van der Waals surface area contributed by atoms with Gasteiger partial charge in [-0.1, -0.05) is 17.3 Å². The van der Waals surface area contributed by atoms with Gasteiger partial charge in [-0.25, -0.2) is 0 Å². The Kier molecular flexibility index (Phi) is 4.08. The van der Waals surface area contributed by atoms with Gasteiger partial charge in [-0.15, -0.1) is 0 Å². The van der Waals surface area contributed by atoms with Crippen molar-refractivity contribution < 1.29 is 9.32 Å². The highest BCUT2D eigenvalue weighted by molar-refractivity contribution is 5.78. The van der Waals surface area contributed by atoms with Crippen LogP contribution in [0, 0.1) is 13.8 Å². The van der Waals surface area contributed by atoms with Crippen LogP contribution in [-0.2, 0) is 17.8 Å². The summed E-state index contributed by atoms with van der Waals surface area (Å²) in [6.07, 6.45) is 0.361. The van der Waals surface area contributed by atoms with E-state index in [1.165, 1.54) is 0 Å². The number of carbonyl (C=O) groups excluding carboxylic acids is 1. The first kappa shape index (κ1) is 14.1. The minimum absolute atomic E-state index is 0.0507. The van der Waals surface area contributed by atoms with Crippen molar-refractivity contribution in [2.75, 3.05) is 12.8 Å². The van der Waals surface area contributed by atoms with Gasteiger partial charge in [0.25, 0.3) is 0 Å². The van der Waals surface area contributed by atoms with E-state index in [1.54, 1.807) is 24.1 Å². The summed E-state index contributed by atoms with van der Waals surface area (Å²) in [4.78, 5) is 13.9. The third-order valence-electron chi connectivity index (χ3n) is 3.34. The molecule has 0 aliphatic heterocycles. The summed E-state index contributed by atoms with van der Waals surface area (Å²) < 4.78 is 5.11. The maximum Gasteiger partial charge on any atom is 0.227 e. The summed E-state index contributed by atoms with van der Waals surface area (Å²) in [5.74, 6) is 0.810. The number of carbonyl (C=O) groups is 1. The maximum atomic E-state index is 12.2. The fourth-order valence-corrected chi connectivity index (χ4v) is 2.00. The fourth-order valence-electron chi connectivity index (χ4n) is 2.00. The third kappa shape index (κ3) is 3.17. The molecule has 0 atom stereocenters. The van der Waals surface area contributed by atoms with Gasteiger partial charge < -0.3 is 15.2 Å². The quantitative estimate of drug-likeness (QED) is 0.866. The Morgan fingerprint density at radius 3 is 2.50 bits per heavy atom. The summed E-state index contributed by atoms with van der Waals surface area (Å²) in [5, 5.41) is 3.90. The van der Waals surface area contributed by atoms with Crippen LogP contribution in [0.5, 0.6) is 0 Å². The monoisotopic (exact) mass is 273 g/mol. The van der Waals surface area contributed by atoms with Gasteiger partial charge in [-0.05, 0) is 31.5 Å². The average molecular weight is 273 g/mol. The van der Waals surface area contributed by atoms with Gasteiger partial charge in [0.05, 0.1) is 18.7 Å². The van der Waals surface area contributed by atoms with Crippen molar-refractivity contribution in [1.82, 2.24) is 10.1 Å². The first-order valence-electron chi connectivity index (χ1n) is 6.47. The van der Waals surface area contributed by atoms with Gasteiger partial charge in [0.15, 0.2) is 0 Å². The number of likely N-dealkylation sites (N-methyl/N-ethyl adjacent to an activating group) is 1. The zero-order valence-electron chi connectivity index (χ0n) is 12.0. The second kappa shape index (κ2) is 5.77. The normalized spacial score (nSPS) is 10.6. The Morgan fingerprint density at radius 1 is 1.30 bits per heavy atom. The van der Waals surface area contributed by atoms with Crippen molar-refractivity contribution >= 4 is 11.6 Å². The van der Waals surface area contributed by atoms with Crippen LogP contribution < -0.4 is 5.73 Å². The zero-order valence-corrected chi connectivity index (χ0v) is 12.0. The summed E-state index contributed by atoms with van der Waals surface area (Å²) in [5.41, 5.74) is 9.08. The standard InChI is InChI=1S/C15H19N3O2/c1-10-14(11(2)20-17-10)9-18(3)15(19)8-12-4-6-13(16)7-5-12/h4-7H,8-9,16H2,1-3H3. The number of nitrogens with two attached hydrogens (primary N) is 1. The molecule has 2 N–H and O–H groups in total. The molecule has 0 aliphatic carbocycles. The lowest BCUT2D eigenvalue weighted by Crippen LogP contribution is -2.28. The Balaban J connectivity index is 2.00. The predicted molar refractivity (Wildman–Crippen MR) is 77.0 cm³/mol. The van der Waals surface area contributed by atoms with Crippen molar-refractivity contribution in [3.8, 4) is 0 Å². The van der Waals surface area contributed by atoms with Gasteiger partial charge in [0.1, 0.15) is 5.76 Å². The molecule has 0 fully saturated rings. The van der Waals surface area contributed by atoms with E-state index in [1.807, 2.05) is 26.0 Å². The fraction of sp³-hybridized carbons (Fsp3) is 0.333. The highest BCUT2D eigenvalue weighted by Crippen LogP contribution is 2.15. The van der Waals surface area contributed by atoms with E-state index in [9.17, 15) is 4.79 Å². The third-order valence-corrected chi connectivity index (χ3v) is 3.34. The second-order valence-electron chi connectivity index (χ2n) is 4.97. The number of nitrogen functional groups attached to an aromatic ring is 1. The van der Waals surface area contributed by atoms with Crippen LogP contribution in [0.3, 0.4) is 0 Å². The van der Waals surface area contributed by atoms with Crippen LogP contribution >= 0.6 is 0 Å². The minimum Gasteiger partial charge on any atom is -0.399 e. The lowest BCUT2D eigenvalue weighted by molar-refractivity contribution is -0.129. The van der Waals surface area contributed by atoms with Crippen molar-refractivity contribution in [3.63, 3.8) is 0 Å². The Labute approximate surface area is 118 Å². The highest BCUT2D eigenvalue weighted by Gasteiger charge is 2.15. The van der Waals surface area contributed by atoms with Gasteiger partial charge >= 0.3 is 0 Å². The predicted octanol–water partition coefficient (Wildman–Crippen LogP) is 2.07. The van der Waals surface area contributed by atoms with E-state index < -0.39 is 0 Å². The molecule has 1 amide bonds. The number of nitrogens with zero attached hydrogens (tertiary/aromatic N) is 2. The minimum atomic E-state index is 0.0507. The van der Waals surface area contributed by atoms with E-state index >= 15 is 0 Å². The molecule has 1 heterocycles. The van der Waals surface area contributed by atoms with E-state index in [0.29, 0.717) is 18.7 Å². The van der Waals surface area contributed by atoms with Crippen molar-refractivity contribution in [3.05, 3.63) is 46.8 Å². The number of hydrogen-bond acceptors (Lipinski definition) is 4. The number of aromatic nitrogens is 1. The molecule has 0 saturated carbocycles. The molecular formula is C15H19N3O2. The Morgan fingerprint density at radius 2 is 1.95 bits per heavy atom. The summed E-state index contributed by atoms with van der Waals surface area (Å²) in [7, 11) is 1.78. The molecule has 0 radical (unpaired) electrons. The van der Waals surface area contributed by atoms with Crippen LogP contribution in [0.2, 0.25) is 0 Å². The van der Waals surface area contributed by atoms with E-state index in [2.05, 4.69) is 5.16 Å². The summed E-state index contributed by atoms with van der Waals surface area (Å²) in [6, 6.07) is 7.35. The molecule has 1 aromatic heterocycles. The highest BCUT2D eigenvalue weighted by atomic mass is 16.5. The number of aryl methyl sites for hydroxylation is 2. The molecule has 0 aliphatic rings. The lowest BCUT2D eigenvalue weighted by Gasteiger charge is -2.17. The van der Waals surface area contributed by atoms with Crippen LogP contribution in [0.25, 0.3) is 0 Å². The van der Waals surface area contributed by atoms with E-state index in [-0.39, 0.29) is 5.91 Å². The molecule has 5 heteroatoms. The van der Waals surface area contributed by atoms with E-state index in [0.717, 1.165) is 22.6 Å². The SMILES string of the molecule is Cc1noc(C)c1CN(C)C(=O)Cc1ccc(N)cc1. The molecule has 1 aromatic carbocycles. The van der Waals surface area contributed by atoms with Crippen molar-refractivity contribution in [2.45, 2.75) is 26.8 Å². The second-order valence-corrected chi connectivity index (χ2v) is 4.97. The van der Waals surface area contributed by atoms with Crippen LogP contribution in [-0.4, -0.2) is 23.0 Å². The molecule has 0 saturated heterocycles. The molecule has 0 bridgehead atoms. The first-order valence-corrected chi connectivity index (χ1v) is 6.47. The molecule has 2 aromatic rings. The Bertz CT molecular complexity index is 583. The molecule has 0 unspecified atom stereocenters. The topological polar surface area (TPSA) is 72.4 Å². The van der Waals surface area contributed by atoms with E-state index in [4.69, 9.17) is 10.3 Å². The van der Waals surface area contributed by atoms with Crippen LogP contribution in [0.4, 0.5) is 5.69 Å². The number of hydrogen-bond donors (Lipinski definition) is 1. The lowest BCUT2D eigenvalue weighted by atomic mass is 10.1. The molecule has 0 spiro atoms. The zero-order chi connectivity index (χ0) is 14.7. The molecular weight excluding hydrogens is 254 g/mol. The maximum absolute atomic E-state index is 12.2. The molecule has 2 rings (SSSR count). The van der Waals surface area contributed by atoms with Gasteiger partial charge in [-0.3, -0.25) is 4.79 Å². The van der Waals surface area contributed by atoms with Gasteiger partial charge in [0.2, 0.25) is 5.91 Å².